The fourth-order valence-corrected chi connectivity index (χ4v) is 1.72. The van der Waals surface area contributed by atoms with E-state index >= 15 is 0 Å². The van der Waals surface area contributed by atoms with Crippen LogP contribution in [-0.4, -0.2) is 21.9 Å². The summed E-state index contributed by atoms with van der Waals surface area (Å²) in [4.78, 5) is 0. The molecule has 0 saturated heterocycles. The second kappa shape index (κ2) is 7.02. The smallest absolute Gasteiger partial charge is 0.0908 e. The molecule has 0 spiro atoms. The summed E-state index contributed by atoms with van der Waals surface area (Å²) in [5.41, 5.74) is -0.914. The fraction of sp³-hybridized carbons (Fsp3) is 0.750. The average Bonchev–Trinajstić information content (AvgIpc) is 2.17. The minimum Gasteiger partial charge on any atom is -0.390 e. The number of hydrogen-bond acceptors (Lipinski definition) is 2. The molecule has 2 nitrogen and oxygen atoms in total. The molecule has 2 N–H and O–H groups in total. The number of allylic oxidation sites excluding steroid dienone is 2. The predicted molar refractivity (Wildman–Crippen MR) is 59.9 cm³/mol. The molecule has 0 amide bonds. The van der Waals surface area contributed by atoms with Crippen molar-refractivity contribution in [1.29, 1.82) is 0 Å². The van der Waals surface area contributed by atoms with Gasteiger partial charge < -0.3 is 10.2 Å². The molecule has 2 unspecified atom stereocenters. The van der Waals surface area contributed by atoms with Gasteiger partial charge in [0.1, 0.15) is 0 Å². The standard InChI is InChI=1S/C12H23O2/c1-4-7-8-10-12(14,9-5-2)11(13)6-3/h4,7,11,13-14H,1,5-6,8-10H2,2-3H3/b7-4+. The molecule has 0 aromatic rings. The Morgan fingerprint density at radius 1 is 1.36 bits per heavy atom. The van der Waals surface area contributed by atoms with Crippen molar-refractivity contribution in [2.24, 2.45) is 0 Å². The molecule has 0 saturated carbocycles. The molecule has 2 heteroatoms. The lowest BCUT2D eigenvalue weighted by Gasteiger charge is -2.32. The van der Waals surface area contributed by atoms with Crippen LogP contribution in [0.1, 0.15) is 46.0 Å². The molecule has 0 aromatic carbocycles. The molecule has 0 fully saturated rings. The third kappa shape index (κ3) is 4.25. The molecule has 0 aliphatic carbocycles. The summed E-state index contributed by atoms with van der Waals surface area (Å²) >= 11 is 0. The Labute approximate surface area is 87.7 Å². The Morgan fingerprint density at radius 2 is 2.00 bits per heavy atom. The van der Waals surface area contributed by atoms with Gasteiger partial charge in [0, 0.05) is 0 Å². The lowest BCUT2D eigenvalue weighted by atomic mass is 9.85. The van der Waals surface area contributed by atoms with Crippen molar-refractivity contribution in [3.8, 4) is 0 Å². The third-order valence-corrected chi connectivity index (χ3v) is 2.60. The van der Waals surface area contributed by atoms with E-state index in [-0.39, 0.29) is 0 Å². The molecular formula is C12H23O2. The van der Waals surface area contributed by atoms with Crippen LogP contribution < -0.4 is 0 Å². The topological polar surface area (TPSA) is 40.5 Å². The van der Waals surface area contributed by atoms with E-state index in [9.17, 15) is 10.2 Å². The SMILES string of the molecule is [CH2]/C=C/CCC(O)(CCC)C(O)CC. The number of rotatable bonds is 7. The van der Waals surface area contributed by atoms with Crippen LogP contribution in [-0.2, 0) is 0 Å². The predicted octanol–water partition coefficient (Wildman–Crippen LogP) is 2.46. The van der Waals surface area contributed by atoms with Crippen molar-refractivity contribution in [2.75, 3.05) is 0 Å². The number of hydrogen-bond donors (Lipinski definition) is 2. The molecule has 2 atom stereocenters. The highest BCUT2D eigenvalue weighted by atomic mass is 16.3. The van der Waals surface area contributed by atoms with Crippen molar-refractivity contribution < 1.29 is 10.2 Å². The van der Waals surface area contributed by atoms with E-state index in [1.165, 1.54) is 0 Å². The Hall–Kier alpha value is -0.340. The highest BCUT2D eigenvalue weighted by molar-refractivity contribution is 4.91. The summed E-state index contributed by atoms with van der Waals surface area (Å²) in [5, 5.41) is 19.9. The molecule has 83 valence electrons. The van der Waals surface area contributed by atoms with Crippen LogP contribution in [0.2, 0.25) is 0 Å². The number of aliphatic hydroxyl groups is 2. The van der Waals surface area contributed by atoms with Gasteiger partial charge in [-0.3, -0.25) is 0 Å². The molecule has 0 bridgehead atoms. The largest absolute Gasteiger partial charge is 0.390 e. The monoisotopic (exact) mass is 199 g/mol. The van der Waals surface area contributed by atoms with Crippen molar-refractivity contribution >= 4 is 0 Å². The van der Waals surface area contributed by atoms with Gasteiger partial charge in [-0.05, 0) is 32.6 Å². The minimum atomic E-state index is -0.914. The van der Waals surface area contributed by atoms with Gasteiger partial charge in [0.2, 0.25) is 0 Å². The molecule has 0 rings (SSSR count). The maximum absolute atomic E-state index is 10.2. The highest BCUT2D eigenvalue weighted by Crippen LogP contribution is 2.25. The van der Waals surface area contributed by atoms with E-state index in [1.807, 2.05) is 19.9 Å². The highest BCUT2D eigenvalue weighted by Gasteiger charge is 2.32. The molecule has 0 aromatic heterocycles. The molecule has 0 aliphatic rings. The average molecular weight is 199 g/mol. The van der Waals surface area contributed by atoms with E-state index in [0.717, 1.165) is 12.8 Å². The molecule has 1 radical (unpaired) electrons. The molecule has 0 aliphatic heterocycles. The van der Waals surface area contributed by atoms with Crippen LogP contribution in [0.4, 0.5) is 0 Å². The lowest BCUT2D eigenvalue weighted by Crippen LogP contribution is -2.41. The Morgan fingerprint density at radius 3 is 2.43 bits per heavy atom. The van der Waals surface area contributed by atoms with Crippen LogP contribution >= 0.6 is 0 Å². The maximum atomic E-state index is 10.2. The number of aliphatic hydroxyl groups excluding tert-OH is 1. The van der Waals surface area contributed by atoms with Gasteiger partial charge in [-0.1, -0.05) is 32.4 Å². The maximum Gasteiger partial charge on any atom is 0.0908 e. The van der Waals surface area contributed by atoms with Crippen molar-refractivity contribution in [1.82, 2.24) is 0 Å². The van der Waals surface area contributed by atoms with Gasteiger partial charge in [-0.25, -0.2) is 0 Å². The summed E-state index contributed by atoms with van der Waals surface area (Å²) in [5.74, 6) is 0. The van der Waals surface area contributed by atoms with Crippen molar-refractivity contribution in [3.63, 3.8) is 0 Å². The van der Waals surface area contributed by atoms with Crippen LogP contribution in [0, 0.1) is 6.92 Å². The summed E-state index contributed by atoms with van der Waals surface area (Å²) < 4.78 is 0. The van der Waals surface area contributed by atoms with Crippen LogP contribution in [0.5, 0.6) is 0 Å². The first-order valence-corrected chi connectivity index (χ1v) is 5.45. The zero-order valence-electron chi connectivity index (χ0n) is 9.37. The van der Waals surface area contributed by atoms with Crippen LogP contribution in [0.15, 0.2) is 12.2 Å². The van der Waals surface area contributed by atoms with Crippen LogP contribution in [0.25, 0.3) is 0 Å². The molecular weight excluding hydrogens is 176 g/mol. The van der Waals surface area contributed by atoms with Crippen LogP contribution in [0.3, 0.4) is 0 Å². The van der Waals surface area contributed by atoms with Crippen molar-refractivity contribution in [2.45, 2.75) is 57.7 Å². The van der Waals surface area contributed by atoms with E-state index in [1.54, 1.807) is 6.08 Å². The van der Waals surface area contributed by atoms with E-state index in [2.05, 4.69) is 6.92 Å². The summed E-state index contributed by atoms with van der Waals surface area (Å²) in [6, 6.07) is 0. The lowest BCUT2D eigenvalue weighted by molar-refractivity contribution is -0.0865. The normalized spacial score (nSPS) is 18.4. The fourth-order valence-electron chi connectivity index (χ4n) is 1.72. The second-order valence-electron chi connectivity index (χ2n) is 3.79. The zero-order chi connectivity index (χ0) is 11.0. The van der Waals surface area contributed by atoms with E-state index in [0.29, 0.717) is 19.3 Å². The summed E-state index contributed by atoms with van der Waals surface area (Å²) in [6.45, 7) is 7.50. The Bertz CT molecular complexity index is 166. The molecule has 0 heterocycles. The van der Waals surface area contributed by atoms with E-state index in [4.69, 9.17) is 0 Å². The Kier molecular flexibility index (Phi) is 6.85. The summed E-state index contributed by atoms with van der Waals surface area (Å²) in [7, 11) is 0. The molecule has 14 heavy (non-hydrogen) atoms. The van der Waals surface area contributed by atoms with E-state index < -0.39 is 11.7 Å². The minimum absolute atomic E-state index is 0.602. The van der Waals surface area contributed by atoms with Gasteiger partial charge >= 0.3 is 0 Å². The van der Waals surface area contributed by atoms with Crippen molar-refractivity contribution in [3.05, 3.63) is 19.1 Å². The Balaban J connectivity index is 4.22. The second-order valence-corrected chi connectivity index (χ2v) is 3.79. The van der Waals surface area contributed by atoms with Gasteiger partial charge in [0.15, 0.2) is 0 Å². The van der Waals surface area contributed by atoms with Gasteiger partial charge in [-0.2, -0.15) is 0 Å². The zero-order valence-corrected chi connectivity index (χ0v) is 9.37. The summed E-state index contributed by atoms with van der Waals surface area (Å²) in [6.07, 6.45) is 6.58. The third-order valence-electron chi connectivity index (χ3n) is 2.60. The van der Waals surface area contributed by atoms with Gasteiger partial charge in [0.25, 0.3) is 0 Å². The van der Waals surface area contributed by atoms with Gasteiger partial charge in [-0.15, -0.1) is 0 Å². The first-order chi connectivity index (χ1) is 6.60. The first kappa shape index (κ1) is 13.7. The quantitative estimate of drug-likeness (QED) is 0.661. The van der Waals surface area contributed by atoms with Gasteiger partial charge in [0.05, 0.1) is 11.7 Å². The first-order valence-electron chi connectivity index (χ1n) is 5.45.